The minimum absolute atomic E-state index is 0. The largest absolute Gasteiger partial charge is 0.381 e. The second kappa shape index (κ2) is 11.5. The highest BCUT2D eigenvalue weighted by atomic mass is 127. The van der Waals surface area contributed by atoms with Crippen molar-refractivity contribution in [2.75, 3.05) is 47.0 Å². The summed E-state index contributed by atoms with van der Waals surface area (Å²) in [5.41, 5.74) is 0.0536. The SMILES string of the molecule is CN(C)C(=O)CN=C(NCC1CCOC1)NC1CCOC2(CCCCC2)C1.I. The monoisotopic (exact) mass is 508 g/mol. The first-order chi connectivity index (χ1) is 13.1. The van der Waals surface area contributed by atoms with Crippen LogP contribution in [-0.4, -0.2) is 75.4 Å². The highest BCUT2D eigenvalue weighted by Gasteiger charge is 2.38. The Labute approximate surface area is 186 Å². The number of carbonyl (C=O) groups is 1. The van der Waals surface area contributed by atoms with Crippen molar-refractivity contribution in [3.63, 3.8) is 0 Å². The van der Waals surface area contributed by atoms with Crippen LogP contribution in [0.1, 0.15) is 51.4 Å². The van der Waals surface area contributed by atoms with Gasteiger partial charge >= 0.3 is 0 Å². The summed E-state index contributed by atoms with van der Waals surface area (Å²) in [4.78, 5) is 18.1. The number of likely N-dealkylation sites (N-methyl/N-ethyl adjacent to an activating group) is 1. The lowest BCUT2D eigenvalue weighted by Gasteiger charge is -2.44. The average molecular weight is 508 g/mol. The number of rotatable bonds is 5. The fraction of sp³-hybridized carbons (Fsp3) is 0.900. The first kappa shape index (κ1) is 23.7. The fourth-order valence-electron chi connectivity index (χ4n) is 4.31. The number of guanidine groups is 1. The van der Waals surface area contributed by atoms with Gasteiger partial charge in [0, 0.05) is 45.8 Å². The van der Waals surface area contributed by atoms with E-state index in [9.17, 15) is 4.79 Å². The number of hydrogen-bond acceptors (Lipinski definition) is 4. The standard InChI is InChI=1S/C20H36N4O3.HI/c1-24(2)18(25)14-22-19(21-13-16-6-10-26-15-16)23-17-7-11-27-20(12-17)8-4-3-5-9-20;/h16-17H,3-15H2,1-2H3,(H2,21,22,23);1H. The zero-order valence-corrected chi connectivity index (χ0v) is 19.7. The molecule has 2 heterocycles. The number of ether oxygens (including phenoxy) is 2. The van der Waals surface area contributed by atoms with Crippen LogP contribution in [0.25, 0.3) is 0 Å². The smallest absolute Gasteiger partial charge is 0.243 e. The van der Waals surface area contributed by atoms with Crippen molar-refractivity contribution < 1.29 is 14.3 Å². The molecular formula is C20H37IN4O3. The van der Waals surface area contributed by atoms with Gasteiger partial charge in [-0.2, -0.15) is 0 Å². The van der Waals surface area contributed by atoms with E-state index in [0.29, 0.717) is 12.0 Å². The topological polar surface area (TPSA) is 75.2 Å². The van der Waals surface area contributed by atoms with Crippen LogP contribution >= 0.6 is 24.0 Å². The molecule has 3 rings (SSSR count). The van der Waals surface area contributed by atoms with Gasteiger partial charge in [-0.25, -0.2) is 4.99 Å². The van der Waals surface area contributed by atoms with E-state index < -0.39 is 0 Å². The van der Waals surface area contributed by atoms with Crippen molar-refractivity contribution in [3.8, 4) is 0 Å². The van der Waals surface area contributed by atoms with Crippen LogP contribution in [0.3, 0.4) is 0 Å². The predicted molar refractivity (Wildman–Crippen MR) is 121 cm³/mol. The van der Waals surface area contributed by atoms with Crippen LogP contribution in [0.5, 0.6) is 0 Å². The summed E-state index contributed by atoms with van der Waals surface area (Å²) in [6, 6.07) is 0.345. The van der Waals surface area contributed by atoms with Crippen molar-refractivity contribution >= 4 is 35.8 Å². The van der Waals surface area contributed by atoms with Gasteiger partial charge in [-0.15, -0.1) is 24.0 Å². The zero-order valence-electron chi connectivity index (χ0n) is 17.4. The summed E-state index contributed by atoms with van der Waals surface area (Å²) in [5, 5.41) is 7.04. The molecule has 0 radical (unpaired) electrons. The number of amides is 1. The Balaban J connectivity index is 0.00000280. The Kier molecular flexibility index (Phi) is 9.76. The van der Waals surface area contributed by atoms with Crippen LogP contribution in [0.4, 0.5) is 0 Å². The van der Waals surface area contributed by atoms with Crippen molar-refractivity contribution in [3.05, 3.63) is 0 Å². The molecule has 3 aliphatic rings. The normalized spacial score (nSPS) is 27.1. The van der Waals surface area contributed by atoms with Crippen molar-refractivity contribution in [2.24, 2.45) is 10.9 Å². The number of nitrogens with one attached hydrogen (secondary N) is 2. The molecule has 0 aromatic carbocycles. The minimum atomic E-state index is 0. The quantitative estimate of drug-likeness (QED) is 0.338. The molecule has 2 N–H and O–H groups in total. The molecule has 2 atom stereocenters. The molecule has 2 saturated heterocycles. The highest BCUT2D eigenvalue weighted by molar-refractivity contribution is 14.0. The summed E-state index contributed by atoms with van der Waals surface area (Å²) in [5.74, 6) is 1.27. The lowest BCUT2D eigenvalue weighted by Crippen LogP contribution is -2.52. The Hall–Kier alpha value is -0.610. The summed E-state index contributed by atoms with van der Waals surface area (Å²) in [6.07, 6.45) is 9.30. The van der Waals surface area contributed by atoms with E-state index in [1.807, 2.05) is 0 Å². The van der Waals surface area contributed by atoms with Crippen LogP contribution in [0.15, 0.2) is 4.99 Å². The van der Waals surface area contributed by atoms with Gasteiger partial charge < -0.3 is 25.0 Å². The molecule has 7 nitrogen and oxygen atoms in total. The van der Waals surface area contributed by atoms with E-state index in [1.165, 1.54) is 32.1 Å². The van der Waals surface area contributed by atoms with E-state index in [1.54, 1.807) is 19.0 Å². The Morgan fingerprint density at radius 1 is 1.18 bits per heavy atom. The lowest BCUT2D eigenvalue weighted by molar-refractivity contribution is -0.127. The first-order valence-corrected chi connectivity index (χ1v) is 10.5. The van der Waals surface area contributed by atoms with Gasteiger partial charge in [0.15, 0.2) is 5.96 Å². The van der Waals surface area contributed by atoms with Gasteiger partial charge in [0.25, 0.3) is 0 Å². The molecule has 1 saturated carbocycles. The fourth-order valence-corrected chi connectivity index (χ4v) is 4.31. The van der Waals surface area contributed by atoms with E-state index in [0.717, 1.165) is 51.6 Å². The van der Waals surface area contributed by atoms with Gasteiger partial charge in [-0.1, -0.05) is 19.3 Å². The number of nitrogens with zero attached hydrogens (tertiary/aromatic N) is 2. The third-order valence-corrected chi connectivity index (χ3v) is 6.05. The average Bonchev–Trinajstić information content (AvgIpc) is 3.18. The Bertz CT molecular complexity index is 512. The molecule has 28 heavy (non-hydrogen) atoms. The lowest BCUT2D eigenvalue weighted by atomic mass is 9.78. The maximum absolute atomic E-state index is 12.0. The zero-order chi connectivity index (χ0) is 19.1. The second-order valence-corrected chi connectivity index (χ2v) is 8.49. The molecule has 1 aliphatic carbocycles. The molecule has 1 spiro atoms. The van der Waals surface area contributed by atoms with Gasteiger partial charge in [-0.3, -0.25) is 4.79 Å². The van der Waals surface area contributed by atoms with Gasteiger partial charge in [0.1, 0.15) is 6.54 Å². The number of aliphatic imine (C=N–C) groups is 1. The summed E-state index contributed by atoms with van der Waals surface area (Å²) >= 11 is 0. The molecule has 0 aromatic heterocycles. The van der Waals surface area contributed by atoms with Crippen LogP contribution in [0.2, 0.25) is 0 Å². The second-order valence-electron chi connectivity index (χ2n) is 8.49. The summed E-state index contributed by atoms with van der Waals surface area (Å²) in [6.45, 7) is 3.44. The van der Waals surface area contributed by atoms with E-state index in [2.05, 4.69) is 15.6 Å². The van der Waals surface area contributed by atoms with E-state index >= 15 is 0 Å². The molecule has 8 heteroatoms. The minimum Gasteiger partial charge on any atom is -0.381 e. The molecular weight excluding hydrogens is 471 g/mol. The molecule has 3 fully saturated rings. The molecule has 1 amide bonds. The maximum atomic E-state index is 12.0. The van der Waals surface area contributed by atoms with E-state index in [-0.39, 0.29) is 42.0 Å². The Morgan fingerprint density at radius 3 is 2.64 bits per heavy atom. The van der Waals surface area contributed by atoms with Gasteiger partial charge in [0.2, 0.25) is 5.91 Å². The highest BCUT2D eigenvalue weighted by Crippen LogP contribution is 2.38. The number of hydrogen-bond donors (Lipinski definition) is 2. The molecule has 2 aliphatic heterocycles. The third kappa shape index (κ3) is 7.02. The summed E-state index contributed by atoms with van der Waals surface area (Å²) in [7, 11) is 3.53. The molecule has 162 valence electrons. The van der Waals surface area contributed by atoms with Crippen molar-refractivity contribution in [1.29, 1.82) is 0 Å². The maximum Gasteiger partial charge on any atom is 0.243 e. The first-order valence-electron chi connectivity index (χ1n) is 10.5. The van der Waals surface area contributed by atoms with E-state index in [4.69, 9.17) is 9.47 Å². The number of halogens is 1. The summed E-state index contributed by atoms with van der Waals surface area (Å²) < 4.78 is 11.7. The van der Waals surface area contributed by atoms with Gasteiger partial charge in [0.05, 0.1) is 12.2 Å². The van der Waals surface area contributed by atoms with Crippen LogP contribution in [-0.2, 0) is 14.3 Å². The predicted octanol–water partition coefficient (Wildman–Crippen LogP) is 2.15. The molecule has 0 bridgehead atoms. The van der Waals surface area contributed by atoms with Gasteiger partial charge in [-0.05, 0) is 32.1 Å². The Morgan fingerprint density at radius 2 is 1.96 bits per heavy atom. The molecule has 2 unspecified atom stereocenters. The molecule has 0 aromatic rings. The van der Waals surface area contributed by atoms with Crippen LogP contribution in [0, 0.1) is 5.92 Å². The van der Waals surface area contributed by atoms with Crippen LogP contribution < -0.4 is 10.6 Å². The number of carbonyl (C=O) groups excluding carboxylic acids is 1. The van der Waals surface area contributed by atoms with Crippen molar-refractivity contribution in [2.45, 2.75) is 63.0 Å². The van der Waals surface area contributed by atoms with Crippen molar-refractivity contribution in [1.82, 2.24) is 15.5 Å². The third-order valence-electron chi connectivity index (χ3n) is 6.05.